The first-order valence-corrected chi connectivity index (χ1v) is 6.50. The smallest absolute Gasteiger partial charge is 0.323 e. The summed E-state index contributed by atoms with van der Waals surface area (Å²) in [4.78, 5) is 14.1. The molecule has 96 valence electrons. The summed E-state index contributed by atoms with van der Waals surface area (Å²) >= 11 is 0. The van der Waals surface area contributed by atoms with Crippen LogP contribution in [-0.2, 0) is 9.53 Å². The van der Waals surface area contributed by atoms with Crippen LogP contribution in [0.3, 0.4) is 0 Å². The van der Waals surface area contributed by atoms with Gasteiger partial charge in [-0.3, -0.25) is 9.69 Å². The van der Waals surface area contributed by atoms with E-state index in [1.165, 1.54) is 0 Å². The molecule has 0 amide bonds. The van der Waals surface area contributed by atoms with Crippen molar-refractivity contribution in [2.24, 2.45) is 0 Å². The Hall–Kier alpha value is -0.570. The Bertz CT molecular complexity index is 192. The molecule has 0 radical (unpaired) electrons. The summed E-state index contributed by atoms with van der Waals surface area (Å²) in [6, 6.07) is 0.325. The van der Waals surface area contributed by atoms with Crippen molar-refractivity contribution in [3.05, 3.63) is 0 Å². The zero-order chi connectivity index (χ0) is 12.6. The largest absolute Gasteiger partial charge is 0.465 e. The molecule has 1 atom stereocenters. The van der Waals surface area contributed by atoms with Gasteiger partial charge in [0.2, 0.25) is 0 Å². The third-order valence-electron chi connectivity index (χ3n) is 2.67. The molecule has 0 spiro atoms. The van der Waals surface area contributed by atoms with E-state index in [9.17, 15) is 4.79 Å². The maximum absolute atomic E-state index is 11.9. The second-order valence-electron chi connectivity index (χ2n) is 4.39. The first-order valence-electron chi connectivity index (χ1n) is 6.50. The highest BCUT2D eigenvalue weighted by Gasteiger charge is 2.27. The third kappa shape index (κ3) is 4.97. The van der Waals surface area contributed by atoms with Crippen LogP contribution < -0.4 is 0 Å². The van der Waals surface area contributed by atoms with Crippen LogP contribution in [0.5, 0.6) is 0 Å². The molecule has 0 aliphatic rings. The fraction of sp³-hybridized carbons (Fsp3) is 0.923. The van der Waals surface area contributed by atoms with E-state index < -0.39 is 0 Å². The quantitative estimate of drug-likeness (QED) is 0.599. The average Bonchev–Trinajstić information content (AvgIpc) is 2.23. The maximum Gasteiger partial charge on any atom is 0.323 e. The van der Waals surface area contributed by atoms with Crippen LogP contribution >= 0.6 is 0 Å². The zero-order valence-corrected chi connectivity index (χ0v) is 11.5. The number of nitrogens with zero attached hydrogens (tertiary/aromatic N) is 1. The monoisotopic (exact) mass is 229 g/mol. The maximum atomic E-state index is 11.9. The summed E-state index contributed by atoms with van der Waals surface area (Å²) in [6.45, 7) is 11.8. The minimum atomic E-state index is -0.0649. The van der Waals surface area contributed by atoms with Gasteiger partial charge in [-0.2, -0.15) is 0 Å². The van der Waals surface area contributed by atoms with Crippen LogP contribution in [0.15, 0.2) is 0 Å². The van der Waals surface area contributed by atoms with Crippen molar-refractivity contribution in [2.45, 2.75) is 66.0 Å². The fourth-order valence-electron chi connectivity index (χ4n) is 1.96. The second-order valence-corrected chi connectivity index (χ2v) is 4.39. The molecule has 3 nitrogen and oxygen atoms in total. The molecular formula is C13H27NO2. The molecule has 0 rings (SSSR count). The van der Waals surface area contributed by atoms with Crippen molar-refractivity contribution in [1.82, 2.24) is 4.90 Å². The highest BCUT2D eigenvalue weighted by Crippen LogP contribution is 2.13. The molecule has 3 heteroatoms. The molecule has 1 unspecified atom stereocenters. The number of hydrogen-bond acceptors (Lipinski definition) is 3. The molecule has 0 aliphatic carbocycles. The molecule has 0 saturated heterocycles. The molecular weight excluding hydrogens is 202 g/mol. The van der Waals surface area contributed by atoms with Crippen molar-refractivity contribution in [1.29, 1.82) is 0 Å². The zero-order valence-electron chi connectivity index (χ0n) is 11.5. The van der Waals surface area contributed by atoms with Crippen LogP contribution in [0, 0.1) is 0 Å². The molecule has 16 heavy (non-hydrogen) atoms. The Morgan fingerprint density at radius 3 is 2.19 bits per heavy atom. The molecule has 0 saturated carbocycles. The van der Waals surface area contributed by atoms with Crippen molar-refractivity contribution in [3.8, 4) is 0 Å². The molecule has 0 bridgehead atoms. The average molecular weight is 229 g/mol. The minimum Gasteiger partial charge on any atom is -0.465 e. The lowest BCUT2D eigenvalue weighted by molar-refractivity contribution is -0.150. The Labute approximate surface area is 100 Å². The van der Waals surface area contributed by atoms with Gasteiger partial charge in [0.25, 0.3) is 0 Å². The van der Waals surface area contributed by atoms with Gasteiger partial charge in [-0.05, 0) is 40.2 Å². The molecule has 0 N–H and O–H groups in total. The van der Waals surface area contributed by atoms with Crippen LogP contribution in [0.25, 0.3) is 0 Å². The van der Waals surface area contributed by atoms with Gasteiger partial charge in [0.05, 0.1) is 6.61 Å². The number of rotatable bonds is 8. The van der Waals surface area contributed by atoms with Gasteiger partial charge in [0.1, 0.15) is 6.04 Å². The van der Waals surface area contributed by atoms with Crippen molar-refractivity contribution in [2.75, 3.05) is 13.2 Å². The van der Waals surface area contributed by atoms with Crippen LogP contribution in [0.2, 0.25) is 0 Å². The summed E-state index contributed by atoms with van der Waals surface area (Å²) in [7, 11) is 0. The number of esters is 1. The summed E-state index contributed by atoms with van der Waals surface area (Å²) in [6.07, 6.45) is 2.96. The van der Waals surface area contributed by atoms with Gasteiger partial charge >= 0.3 is 5.97 Å². The van der Waals surface area contributed by atoms with Crippen LogP contribution in [0.4, 0.5) is 0 Å². The van der Waals surface area contributed by atoms with E-state index >= 15 is 0 Å². The number of ether oxygens (including phenoxy) is 1. The second kappa shape index (κ2) is 8.57. The van der Waals surface area contributed by atoms with E-state index in [1.807, 2.05) is 6.92 Å². The molecule has 0 heterocycles. The van der Waals surface area contributed by atoms with Crippen molar-refractivity contribution < 1.29 is 9.53 Å². The highest BCUT2D eigenvalue weighted by atomic mass is 16.5. The fourth-order valence-corrected chi connectivity index (χ4v) is 1.96. The molecule has 0 fully saturated rings. The van der Waals surface area contributed by atoms with Crippen LogP contribution in [0.1, 0.15) is 53.9 Å². The molecule has 0 aromatic carbocycles. The highest BCUT2D eigenvalue weighted by molar-refractivity contribution is 5.75. The lowest BCUT2D eigenvalue weighted by atomic mass is 10.1. The van der Waals surface area contributed by atoms with Crippen molar-refractivity contribution >= 4 is 5.97 Å². The Kier molecular flexibility index (Phi) is 8.26. The lowest BCUT2D eigenvalue weighted by Gasteiger charge is -2.33. The summed E-state index contributed by atoms with van der Waals surface area (Å²) in [5, 5.41) is 0. The van der Waals surface area contributed by atoms with Gasteiger partial charge in [-0.1, -0.05) is 20.3 Å². The van der Waals surface area contributed by atoms with Gasteiger partial charge in [-0.25, -0.2) is 0 Å². The summed E-state index contributed by atoms with van der Waals surface area (Å²) in [5.74, 6) is -0.0634. The topological polar surface area (TPSA) is 29.5 Å². The molecule has 0 aliphatic heterocycles. The predicted molar refractivity (Wildman–Crippen MR) is 67.5 cm³/mol. The van der Waals surface area contributed by atoms with Gasteiger partial charge in [-0.15, -0.1) is 0 Å². The first-order chi connectivity index (χ1) is 7.58. The summed E-state index contributed by atoms with van der Waals surface area (Å²) < 4.78 is 5.15. The van der Waals surface area contributed by atoms with E-state index in [0.717, 1.165) is 25.8 Å². The molecule has 0 aromatic heterocycles. The van der Waals surface area contributed by atoms with E-state index in [2.05, 4.69) is 32.6 Å². The van der Waals surface area contributed by atoms with E-state index in [1.54, 1.807) is 0 Å². The number of carbonyl (C=O) groups is 1. The standard InChI is InChI=1S/C13H27NO2/c1-6-9-12(13(15)16-8-3)14(10-7-2)11(4)5/h11-12H,6-10H2,1-5H3. The molecule has 0 aromatic rings. The van der Waals surface area contributed by atoms with Crippen LogP contribution in [-0.4, -0.2) is 36.1 Å². The van der Waals surface area contributed by atoms with Gasteiger partial charge in [0.15, 0.2) is 0 Å². The van der Waals surface area contributed by atoms with E-state index in [4.69, 9.17) is 4.74 Å². The Balaban J connectivity index is 4.61. The van der Waals surface area contributed by atoms with Crippen molar-refractivity contribution in [3.63, 3.8) is 0 Å². The Morgan fingerprint density at radius 1 is 1.19 bits per heavy atom. The third-order valence-corrected chi connectivity index (χ3v) is 2.67. The first kappa shape index (κ1) is 15.4. The van der Waals surface area contributed by atoms with E-state index in [0.29, 0.717) is 12.6 Å². The minimum absolute atomic E-state index is 0.0634. The van der Waals surface area contributed by atoms with Gasteiger partial charge in [0, 0.05) is 6.04 Å². The number of carbonyl (C=O) groups excluding carboxylic acids is 1. The number of hydrogen-bond donors (Lipinski definition) is 0. The predicted octanol–water partition coefficient (Wildman–Crippen LogP) is 2.84. The lowest BCUT2D eigenvalue weighted by Crippen LogP contribution is -2.46. The normalized spacial score (nSPS) is 13.2. The Morgan fingerprint density at radius 2 is 1.81 bits per heavy atom. The van der Waals surface area contributed by atoms with Gasteiger partial charge < -0.3 is 4.74 Å². The summed E-state index contributed by atoms with van der Waals surface area (Å²) in [5.41, 5.74) is 0. The SMILES string of the molecule is CCCC(C(=O)OCC)N(CCC)C(C)C. The van der Waals surface area contributed by atoms with E-state index in [-0.39, 0.29) is 12.0 Å².